The van der Waals surface area contributed by atoms with E-state index in [-0.39, 0.29) is 5.69 Å². The van der Waals surface area contributed by atoms with Gasteiger partial charge in [0.15, 0.2) is 6.10 Å². The van der Waals surface area contributed by atoms with Gasteiger partial charge in [-0.2, -0.15) is 5.26 Å². The van der Waals surface area contributed by atoms with Crippen LogP contribution in [0.15, 0.2) is 42.5 Å². The second-order valence-electron chi connectivity index (χ2n) is 4.62. The summed E-state index contributed by atoms with van der Waals surface area (Å²) in [5.74, 6) is -0.498. The van der Waals surface area contributed by atoms with Crippen molar-refractivity contribution in [3.8, 4) is 11.8 Å². The van der Waals surface area contributed by atoms with Crippen LogP contribution >= 0.6 is 0 Å². The Morgan fingerprint density at radius 3 is 2.82 bits per heavy atom. The lowest BCUT2D eigenvalue weighted by atomic mass is 10.2. The molecule has 0 aliphatic heterocycles. The van der Waals surface area contributed by atoms with Gasteiger partial charge < -0.3 is 15.8 Å². The van der Waals surface area contributed by atoms with Gasteiger partial charge in [0.1, 0.15) is 11.6 Å². The monoisotopic (exact) mass is 299 g/mol. The maximum Gasteiger partial charge on any atom is 0.265 e. The molecule has 0 saturated carbocycles. The summed E-state index contributed by atoms with van der Waals surface area (Å²) in [6, 6.07) is 12.2. The molecule has 2 aromatic rings. The zero-order valence-corrected chi connectivity index (χ0v) is 11.8. The van der Waals surface area contributed by atoms with Crippen LogP contribution in [0.4, 0.5) is 15.8 Å². The molecule has 0 aliphatic carbocycles. The Hall–Kier alpha value is -3.07. The fourth-order valence-electron chi connectivity index (χ4n) is 1.78. The van der Waals surface area contributed by atoms with Gasteiger partial charge in [-0.15, -0.1) is 0 Å². The van der Waals surface area contributed by atoms with Gasteiger partial charge in [0, 0.05) is 0 Å². The Balaban J connectivity index is 2.04. The van der Waals surface area contributed by atoms with Crippen LogP contribution in [0.2, 0.25) is 0 Å². The van der Waals surface area contributed by atoms with Gasteiger partial charge >= 0.3 is 0 Å². The summed E-state index contributed by atoms with van der Waals surface area (Å²) in [6.07, 6.45) is -0.807. The van der Waals surface area contributed by atoms with Crippen LogP contribution in [-0.4, -0.2) is 12.0 Å². The predicted molar refractivity (Wildman–Crippen MR) is 80.7 cm³/mol. The van der Waals surface area contributed by atoms with E-state index in [1.54, 1.807) is 25.1 Å². The molecule has 0 aliphatic rings. The number of hydrogen-bond acceptors (Lipinski definition) is 4. The number of benzene rings is 2. The summed E-state index contributed by atoms with van der Waals surface area (Å²) >= 11 is 0. The molecule has 6 heteroatoms. The molecular weight excluding hydrogens is 285 g/mol. The zero-order valence-electron chi connectivity index (χ0n) is 11.8. The summed E-state index contributed by atoms with van der Waals surface area (Å²) in [6.45, 7) is 1.56. The summed E-state index contributed by atoms with van der Waals surface area (Å²) in [7, 11) is 0. The molecule has 1 unspecified atom stereocenters. The van der Waals surface area contributed by atoms with E-state index >= 15 is 0 Å². The smallest absolute Gasteiger partial charge is 0.265 e. The van der Waals surface area contributed by atoms with Crippen LogP contribution in [0.1, 0.15) is 12.5 Å². The van der Waals surface area contributed by atoms with Gasteiger partial charge in [-0.3, -0.25) is 4.79 Å². The van der Waals surface area contributed by atoms with Crippen molar-refractivity contribution in [3.05, 3.63) is 53.8 Å². The molecule has 22 heavy (non-hydrogen) atoms. The highest BCUT2D eigenvalue weighted by molar-refractivity contribution is 5.96. The Labute approximate surface area is 127 Å². The van der Waals surface area contributed by atoms with Crippen molar-refractivity contribution in [3.63, 3.8) is 0 Å². The summed E-state index contributed by atoms with van der Waals surface area (Å²) in [5.41, 5.74) is 6.51. The Morgan fingerprint density at radius 1 is 1.36 bits per heavy atom. The Morgan fingerprint density at radius 2 is 2.14 bits per heavy atom. The number of nitrogens with one attached hydrogen (secondary N) is 1. The van der Waals surface area contributed by atoms with E-state index in [0.29, 0.717) is 17.0 Å². The first-order valence-electron chi connectivity index (χ1n) is 6.52. The Bertz CT molecular complexity index is 740. The van der Waals surface area contributed by atoms with Crippen molar-refractivity contribution in [2.75, 3.05) is 11.1 Å². The number of halogens is 1. The minimum Gasteiger partial charge on any atom is -0.481 e. The van der Waals surface area contributed by atoms with Gasteiger partial charge in [0.05, 0.1) is 23.0 Å². The number of carbonyl (C=O) groups is 1. The number of anilines is 2. The van der Waals surface area contributed by atoms with Gasteiger partial charge in [0.25, 0.3) is 5.91 Å². The van der Waals surface area contributed by atoms with E-state index in [0.717, 1.165) is 6.07 Å². The fourth-order valence-corrected chi connectivity index (χ4v) is 1.78. The normalized spacial score (nSPS) is 11.3. The lowest BCUT2D eigenvalue weighted by Crippen LogP contribution is -2.30. The molecule has 0 spiro atoms. The highest BCUT2D eigenvalue weighted by atomic mass is 19.1. The van der Waals surface area contributed by atoms with E-state index in [2.05, 4.69) is 5.32 Å². The first-order valence-corrected chi connectivity index (χ1v) is 6.52. The minimum atomic E-state index is -0.807. The molecule has 5 nitrogen and oxygen atoms in total. The predicted octanol–water partition coefficient (Wildman–Crippen LogP) is 2.69. The molecule has 2 rings (SSSR count). The van der Waals surface area contributed by atoms with E-state index in [1.165, 1.54) is 18.2 Å². The van der Waals surface area contributed by atoms with Crippen LogP contribution in [0.5, 0.6) is 5.75 Å². The number of hydrogen-bond donors (Lipinski definition) is 2. The molecule has 0 saturated heterocycles. The summed E-state index contributed by atoms with van der Waals surface area (Å²) in [5, 5.41) is 11.4. The highest BCUT2D eigenvalue weighted by Crippen LogP contribution is 2.20. The molecule has 2 aromatic carbocycles. The Kier molecular flexibility index (Phi) is 4.59. The van der Waals surface area contributed by atoms with Crippen molar-refractivity contribution >= 4 is 17.3 Å². The first kappa shape index (κ1) is 15.3. The lowest BCUT2D eigenvalue weighted by molar-refractivity contribution is -0.122. The van der Waals surface area contributed by atoms with Crippen LogP contribution in [0.25, 0.3) is 0 Å². The van der Waals surface area contributed by atoms with Crippen molar-refractivity contribution in [2.45, 2.75) is 13.0 Å². The first-order chi connectivity index (χ1) is 10.5. The number of amides is 1. The molecule has 1 atom stereocenters. The van der Waals surface area contributed by atoms with E-state index in [1.807, 2.05) is 6.07 Å². The standard InChI is InChI=1S/C16H14FN3O2/c1-10(22-13-4-2-3-11(7-13)9-18)16(21)20-15-6-5-12(17)8-14(15)19/h2-8,10H,19H2,1H3,(H,20,21). The molecule has 0 heterocycles. The van der Waals surface area contributed by atoms with Crippen molar-refractivity contribution in [1.29, 1.82) is 5.26 Å². The third kappa shape index (κ3) is 3.73. The quantitative estimate of drug-likeness (QED) is 0.850. The number of nitriles is 1. The third-order valence-corrected chi connectivity index (χ3v) is 2.92. The second kappa shape index (κ2) is 6.59. The molecule has 3 N–H and O–H groups in total. The summed E-state index contributed by atoms with van der Waals surface area (Å²) in [4.78, 5) is 12.1. The summed E-state index contributed by atoms with van der Waals surface area (Å²) < 4.78 is 18.4. The van der Waals surface area contributed by atoms with Crippen molar-refractivity contribution < 1.29 is 13.9 Å². The molecule has 0 bridgehead atoms. The van der Waals surface area contributed by atoms with E-state index in [9.17, 15) is 9.18 Å². The second-order valence-corrected chi connectivity index (χ2v) is 4.62. The fraction of sp³-hybridized carbons (Fsp3) is 0.125. The largest absolute Gasteiger partial charge is 0.481 e. The van der Waals surface area contributed by atoms with Gasteiger partial charge in [0.2, 0.25) is 0 Å². The van der Waals surface area contributed by atoms with E-state index < -0.39 is 17.8 Å². The topological polar surface area (TPSA) is 88.1 Å². The average Bonchev–Trinajstić information content (AvgIpc) is 2.50. The zero-order chi connectivity index (χ0) is 16.1. The number of nitrogens with zero attached hydrogens (tertiary/aromatic N) is 1. The molecule has 0 aromatic heterocycles. The minimum absolute atomic E-state index is 0.132. The number of nitrogens with two attached hydrogens (primary N) is 1. The molecule has 0 radical (unpaired) electrons. The van der Waals surface area contributed by atoms with Gasteiger partial charge in [-0.05, 0) is 43.3 Å². The van der Waals surface area contributed by atoms with Crippen LogP contribution in [-0.2, 0) is 4.79 Å². The van der Waals surface area contributed by atoms with Gasteiger partial charge in [-0.1, -0.05) is 6.07 Å². The van der Waals surface area contributed by atoms with Crippen molar-refractivity contribution in [2.24, 2.45) is 0 Å². The van der Waals surface area contributed by atoms with E-state index in [4.69, 9.17) is 15.7 Å². The number of nitrogen functional groups attached to an aromatic ring is 1. The SMILES string of the molecule is CC(Oc1cccc(C#N)c1)C(=O)Nc1ccc(F)cc1N. The number of ether oxygens (including phenoxy) is 1. The molecule has 1 amide bonds. The maximum atomic E-state index is 13.0. The molecule has 112 valence electrons. The highest BCUT2D eigenvalue weighted by Gasteiger charge is 2.16. The van der Waals surface area contributed by atoms with Gasteiger partial charge in [-0.25, -0.2) is 4.39 Å². The third-order valence-electron chi connectivity index (χ3n) is 2.92. The van der Waals surface area contributed by atoms with Crippen LogP contribution < -0.4 is 15.8 Å². The maximum absolute atomic E-state index is 13.0. The number of carbonyl (C=O) groups excluding carboxylic acids is 1. The van der Waals surface area contributed by atoms with Crippen LogP contribution in [0, 0.1) is 17.1 Å². The van der Waals surface area contributed by atoms with Crippen molar-refractivity contribution in [1.82, 2.24) is 0 Å². The lowest BCUT2D eigenvalue weighted by Gasteiger charge is -2.15. The number of rotatable bonds is 4. The van der Waals surface area contributed by atoms with Crippen LogP contribution in [0.3, 0.4) is 0 Å². The molecule has 0 fully saturated rings. The average molecular weight is 299 g/mol. The molecular formula is C16H14FN3O2.